The predicted molar refractivity (Wildman–Crippen MR) is 80.9 cm³/mol. The Morgan fingerprint density at radius 1 is 1.45 bits per heavy atom. The maximum Gasteiger partial charge on any atom is 0.220 e. The first-order valence-corrected chi connectivity index (χ1v) is 7.23. The average molecular weight is 276 g/mol. The monoisotopic (exact) mass is 276 g/mol. The minimum Gasteiger partial charge on any atom is -0.384 e. The zero-order valence-electron chi connectivity index (χ0n) is 12.5. The Hall–Kier alpha value is -1.55. The van der Waals surface area contributed by atoms with Gasteiger partial charge in [-0.2, -0.15) is 0 Å². The second-order valence-corrected chi connectivity index (χ2v) is 5.74. The van der Waals surface area contributed by atoms with Gasteiger partial charge in [-0.1, -0.05) is 32.0 Å². The van der Waals surface area contributed by atoms with E-state index in [2.05, 4.69) is 36.6 Å². The van der Waals surface area contributed by atoms with Gasteiger partial charge < -0.3 is 15.4 Å². The molecular formula is C16H24N2O2. The van der Waals surface area contributed by atoms with Gasteiger partial charge in [0.1, 0.15) is 0 Å². The molecule has 0 bridgehead atoms. The maximum atomic E-state index is 12.2. The lowest BCUT2D eigenvalue weighted by Gasteiger charge is -2.22. The van der Waals surface area contributed by atoms with Crippen LogP contribution < -0.4 is 10.6 Å². The summed E-state index contributed by atoms with van der Waals surface area (Å²) < 4.78 is 5.17. The Bertz CT molecular complexity index is 460. The Kier molecular flexibility index (Phi) is 5.01. The lowest BCUT2D eigenvalue weighted by molar-refractivity contribution is -0.122. The number of ether oxygens (including phenoxy) is 1. The number of hydrogen-bond acceptors (Lipinski definition) is 3. The van der Waals surface area contributed by atoms with Crippen molar-refractivity contribution in [3.05, 3.63) is 29.8 Å². The van der Waals surface area contributed by atoms with E-state index in [0.29, 0.717) is 18.9 Å². The number of carbonyl (C=O) groups excluding carboxylic acids is 1. The summed E-state index contributed by atoms with van der Waals surface area (Å²) in [5, 5.41) is 6.44. The van der Waals surface area contributed by atoms with Crippen LogP contribution in [-0.2, 0) is 9.53 Å². The fourth-order valence-corrected chi connectivity index (χ4v) is 2.61. The van der Waals surface area contributed by atoms with Crippen LogP contribution in [0.1, 0.15) is 31.7 Å². The van der Waals surface area contributed by atoms with E-state index in [1.807, 2.05) is 12.1 Å². The van der Waals surface area contributed by atoms with Crippen LogP contribution >= 0.6 is 0 Å². The lowest BCUT2D eigenvalue weighted by Crippen LogP contribution is -2.42. The van der Waals surface area contributed by atoms with Crippen molar-refractivity contribution in [2.24, 2.45) is 5.92 Å². The molecule has 0 fully saturated rings. The summed E-state index contributed by atoms with van der Waals surface area (Å²) in [5.74, 6) is 0.735. The molecule has 2 unspecified atom stereocenters. The minimum atomic E-state index is 0.0807. The first-order valence-electron chi connectivity index (χ1n) is 7.23. The number of methoxy groups -OCH3 is 1. The Morgan fingerprint density at radius 2 is 2.20 bits per heavy atom. The summed E-state index contributed by atoms with van der Waals surface area (Å²) >= 11 is 0. The molecule has 2 atom stereocenters. The van der Waals surface area contributed by atoms with Crippen molar-refractivity contribution in [1.82, 2.24) is 5.32 Å². The molecular weight excluding hydrogens is 252 g/mol. The highest BCUT2D eigenvalue weighted by Crippen LogP contribution is 2.33. The molecule has 1 aliphatic heterocycles. The predicted octanol–water partition coefficient (Wildman–Crippen LogP) is 2.37. The molecule has 2 N–H and O–H groups in total. The molecule has 4 heteroatoms. The quantitative estimate of drug-likeness (QED) is 0.838. The molecule has 1 heterocycles. The topological polar surface area (TPSA) is 50.4 Å². The highest BCUT2D eigenvalue weighted by molar-refractivity contribution is 5.78. The second-order valence-electron chi connectivity index (χ2n) is 5.74. The molecule has 110 valence electrons. The Morgan fingerprint density at radius 3 is 2.90 bits per heavy atom. The van der Waals surface area contributed by atoms with E-state index in [0.717, 1.165) is 12.2 Å². The van der Waals surface area contributed by atoms with Gasteiger partial charge >= 0.3 is 0 Å². The van der Waals surface area contributed by atoms with Gasteiger partial charge in [0, 0.05) is 31.7 Å². The molecule has 1 aliphatic rings. The molecule has 1 aromatic carbocycles. The Balaban J connectivity index is 1.92. The summed E-state index contributed by atoms with van der Waals surface area (Å²) in [7, 11) is 1.67. The molecule has 0 spiro atoms. The van der Waals surface area contributed by atoms with Gasteiger partial charge in [0.15, 0.2) is 0 Å². The third kappa shape index (κ3) is 3.51. The van der Waals surface area contributed by atoms with E-state index in [1.54, 1.807) is 7.11 Å². The zero-order chi connectivity index (χ0) is 14.5. The van der Waals surface area contributed by atoms with Gasteiger partial charge in [-0.15, -0.1) is 0 Å². The van der Waals surface area contributed by atoms with Crippen LogP contribution in [0.5, 0.6) is 0 Å². The molecule has 4 nitrogen and oxygen atoms in total. The molecule has 0 aromatic heterocycles. The number of amides is 1. The molecule has 0 saturated heterocycles. The standard InChI is InChI=1S/C16H24N2O2/c1-11(2)15(10-20-3)18-16(19)8-12-9-17-14-7-5-4-6-13(12)14/h4-7,11-12,15,17H,8-10H2,1-3H3,(H,18,19). The van der Waals surface area contributed by atoms with E-state index in [-0.39, 0.29) is 17.9 Å². The fraction of sp³-hybridized carbons (Fsp3) is 0.562. The molecule has 1 aromatic rings. The average Bonchev–Trinajstić information content (AvgIpc) is 2.81. The van der Waals surface area contributed by atoms with Crippen LogP contribution in [0.4, 0.5) is 5.69 Å². The largest absolute Gasteiger partial charge is 0.384 e. The molecule has 0 radical (unpaired) electrons. The highest BCUT2D eigenvalue weighted by atomic mass is 16.5. The lowest BCUT2D eigenvalue weighted by atomic mass is 9.97. The fourth-order valence-electron chi connectivity index (χ4n) is 2.61. The van der Waals surface area contributed by atoms with Crippen molar-refractivity contribution in [2.45, 2.75) is 32.2 Å². The van der Waals surface area contributed by atoms with Crippen LogP contribution in [0.2, 0.25) is 0 Å². The summed E-state index contributed by atoms with van der Waals surface area (Å²) in [5.41, 5.74) is 2.40. The Labute approximate surface area is 120 Å². The van der Waals surface area contributed by atoms with E-state index in [4.69, 9.17) is 4.74 Å². The van der Waals surface area contributed by atoms with Gasteiger partial charge in [0.05, 0.1) is 12.6 Å². The van der Waals surface area contributed by atoms with Crippen molar-refractivity contribution in [2.75, 3.05) is 25.6 Å². The van der Waals surface area contributed by atoms with Gasteiger partial charge in [0.2, 0.25) is 5.91 Å². The van der Waals surface area contributed by atoms with Crippen molar-refractivity contribution >= 4 is 11.6 Å². The number of carbonyl (C=O) groups is 1. The van der Waals surface area contributed by atoms with Crippen molar-refractivity contribution < 1.29 is 9.53 Å². The number of hydrogen-bond donors (Lipinski definition) is 2. The first-order chi connectivity index (χ1) is 9.61. The molecule has 0 aliphatic carbocycles. The highest BCUT2D eigenvalue weighted by Gasteiger charge is 2.25. The molecule has 2 rings (SSSR count). The smallest absolute Gasteiger partial charge is 0.220 e. The van der Waals surface area contributed by atoms with E-state index in [9.17, 15) is 4.79 Å². The van der Waals surface area contributed by atoms with Crippen LogP contribution in [0.15, 0.2) is 24.3 Å². The number of benzene rings is 1. The normalized spacial score (nSPS) is 18.5. The summed E-state index contributed by atoms with van der Waals surface area (Å²) in [6.07, 6.45) is 0.525. The van der Waals surface area contributed by atoms with Crippen LogP contribution in [-0.4, -0.2) is 32.2 Å². The summed E-state index contributed by atoms with van der Waals surface area (Å²) in [6.45, 7) is 5.58. The van der Waals surface area contributed by atoms with Crippen LogP contribution in [0.3, 0.4) is 0 Å². The van der Waals surface area contributed by atoms with Crippen molar-refractivity contribution in [3.63, 3.8) is 0 Å². The van der Waals surface area contributed by atoms with Crippen molar-refractivity contribution in [1.29, 1.82) is 0 Å². The van der Waals surface area contributed by atoms with Crippen molar-refractivity contribution in [3.8, 4) is 0 Å². The van der Waals surface area contributed by atoms with Gasteiger partial charge in [-0.05, 0) is 17.5 Å². The number of anilines is 1. The van der Waals surface area contributed by atoms with Gasteiger partial charge in [0.25, 0.3) is 0 Å². The molecule has 1 amide bonds. The minimum absolute atomic E-state index is 0.0807. The van der Waals surface area contributed by atoms with E-state index >= 15 is 0 Å². The number of fused-ring (bicyclic) bond motifs is 1. The van der Waals surface area contributed by atoms with Crippen LogP contribution in [0.25, 0.3) is 0 Å². The number of rotatable bonds is 6. The van der Waals surface area contributed by atoms with Crippen LogP contribution in [0, 0.1) is 5.92 Å². The third-order valence-electron chi connectivity index (χ3n) is 3.87. The van der Waals surface area contributed by atoms with Gasteiger partial charge in [-0.25, -0.2) is 0 Å². The molecule has 20 heavy (non-hydrogen) atoms. The maximum absolute atomic E-state index is 12.2. The zero-order valence-corrected chi connectivity index (χ0v) is 12.5. The number of nitrogens with one attached hydrogen (secondary N) is 2. The number of para-hydroxylation sites is 1. The summed E-state index contributed by atoms with van der Waals surface area (Å²) in [4.78, 5) is 12.2. The first kappa shape index (κ1) is 14.9. The third-order valence-corrected chi connectivity index (χ3v) is 3.87. The second kappa shape index (κ2) is 6.75. The van der Waals surface area contributed by atoms with E-state index < -0.39 is 0 Å². The SMILES string of the molecule is COCC(NC(=O)CC1CNc2ccccc21)C(C)C. The summed E-state index contributed by atoms with van der Waals surface area (Å²) in [6, 6.07) is 8.29. The molecule has 0 saturated carbocycles. The van der Waals surface area contributed by atoms with E-state index in [1.165, 1.54) is 5.56 Å². The van der Waals surface area contributed by atoms with Gasteiger partial charge in [-0.3, -0.25) is 4.79 Å².